The molecule has 1 aliphatic rings. The van der Waals surface area contributed by atoms with Gasteiger partial charge in [-0.1, -0.05) is 133 Å². The van der Waals surface area contributed by atoms with Gasteiger partial charge in [0.25, 0.3) is 0 Å². The van der Waals surface area contributed by atoms with Crippen molar-refractivity contribution in [1.82, 2.24) is 9.13 Å². The molecule has 0 fully saturated rings. The molecular weight excluding hydrogens is 765 g/mol. The molecule has 0 saturated heterocycles. The van der Waals surface area contributed by atoms with Gasteiger partial charge in [-0.15, -0.1) is 23.1 Å². The highest BCUT2D eigenvalue weighted by atomic mass is 32.2. The van der Waals surface area contributed by atoms with E-state index < -0.39 is 0 Å². The highest BCUT2D eigenvalue weighted by molar-refractivity contribution is 7.99. The van der Waals surface area contributed by atoms with Crippen molar-refractivity contribution < 1.29 is 0 Å². The number of nitrogens with zero attached hydrogens (tertiary/aromatic N) is 2. The standard InChI is InChI=1S/C56H36N2S2/c1-2-14-36(15-3-1)58-51-25-9-4-16-40(51)44-21-12-20-38(55(44)58)35-28-29-52-49(32-35)41-17-5-8-24-50(41)57(52)37-33-47-39(30-31-59-53-26-10-6-19-43(47)53)48(34-37)46-23-13-22-45-42-18-7-11-27-54(42)60-56(45)46/h1-29,32-34H,30-31H2. The van der Waals surface area contributed by atoms with E-state index in [4.69, 9.17) is 0 Å². The Bertz CT molecular complexity index is 3700. The molecule has 13 rings (SSSR count). The Balaban J connectivity index is 1.08. The topological polar surface area (TPSA) is 9.86 Å². The second-order valence-electron chi connectivity index (χ2n) is 15.9. The number of rotatable bonds is 4. The van der Waals surface area contributed by atoms with Gasteiger partial charge in [0.05, 0.1) is 22.1 Å². The second kappa shape index (κ2) is 13.3. The molecule has 4 heterocycles. The lowest BCUT2D eigenvalue weighted by Gasteiger charge is -2.19. The number of para-hydroxylation sites is 4. The number of aromatic nitrogens is 2. The average Bonchev–Trinajstić information content (AvgIpc) is 3.92. The van der Waals surface area contributed by atoms with Crippen molar-refractivity contribution in [2.24, 2.45) is 0 Å². The van der Waals surface area contributed by atoms with Crippen LogP contribution in [0.25, 0.3) is 109 Å². The Kier molecular flexibility index (Phi) is 7.57. The number of thioether (sulfide) groups is 1. The third-order valence-electron chi connectivity index (χ3n) is 12.7. The van der Waals surface area contributed by atoms with E-state index in [0.29, 0.717) is 0 Å². The Morgan fingerprint density at radius 2 is 1.00 bits per heavy atom. The summed E-state index contributed by atoms with van der Waals surface area (Å²) in [5.74, 6) is 1.05. The Labute approximate surface area is 355 Å². The van der Waals surface area contributed by atoms with E-state index in [1.165, 1.54) is 119 Å². The summed E-state index contributed by atoms with van der Waals surface area (Å²) in [6, 6.07) is 72.3. The summed E-state index contributed by atoms with van der Waals surface area (Å²) in [6.07, 6.45) is 1.01. The molecule has 12 aromatic rings. The molecule has 4 heteroatoms. The number of hydrogen-bond donors (Lipinski definition) is 0. The van der Waals surface area contributed by atoms with Gasteiger partial charge in [-0.2, -0.15) is 0 Å². The van der Waals surface area contributed by atoms with Crippen LogP contribution in [-0.4, -0.2) is 14.9 Å². The maximum Gasteiger partial charge on any atom is 0.0619 e. The van der Waals surface area contributed by atoms with E-state index in [-0.39, 0.29) is 0 Å². The fourth-order valence-corrected chi connectivity index (χ4v) is 12.4. The van der Waals surface area contributed by atoms with Crippen molar-refractivity contribution >= 4 is 86.9 Å². The van der Waals surface area contributed by atoms with Gasteiger partial charge in [-0.3, -0.25) is 0 Å². The Morgan fingerprint density at radius 3 is 1.85 bits per heavy atom. The highest BCUT2D eigenvalue weighted by Crippen LogP contribution is 2.48. The minimum absolute atomic E-state index is 1.01. The first-order valence-corrected chi connectivity index (χ1v) is 22.5. The molecule has 0 N–H and O–H groups in total. The summed E-state index contributed by atoms with van der Waals surface area (Å²) in [5, 5.41) is 7.70. The Morgan fingerprint density at radius 1 is 0.383 bits per heavy atom. The lowest BCUT2D eigenvalue weighted by Crippen LogP contribution is -2.01. The zero-order valence-corrected chi connectivity index (χ0v) is 34.2. The van der Waals surface area contributed by atoms with Crippen LogP contribution in [0.3, 0.4) is 0 Å². The van der Waals surface area contributed by atoms with Gasteiger partial charge < -0.3 is 9.13 Å². The molecule has 2 nitrogen and oxygen atoms in total. The molecule has 0 unspecified atom stereocenters. The molecule has 0 atom stereocenters. The number of benzene rings is 9. The first-order chi connectivity index (χ1) is 29.8. The highest BCUT2D eigenvalue weighted by Gasteiger charge is 2.24. The van der Waals surface area contributed by atoms with Gasteiger partial charge >= 0.3 is 0 Å². The lowest BCUT2D eigenvalue weighted by atomic mass is 9.89. The van der Waals surface area contributed by atoms with Crippen LogP contribution < -0.4 is 0 Å². The molecule has 282 valence electrons. The average molecular weight is 801 g/mol. The molecule has 1 aliphatic heterocycles. The monoisotopic (exact) mass is 800 g/mol. The van der Waals surface area contributed by atoms with Crippen molar-refractivity contribution in [3.8, 4) is 44.8 Å². The van der Waals surface area contributed by atoms with Gasteiger partial charge in [0.1, 0.15) is 0 Å². The molecule has 0 bridgehead atoms. The normalized spacial score (nSPS) is 12.8. The third kappa shape index (κ3) is 5.02. The lowest BCUT2D eigenvalue weighted by molar-refractivity contribution is 1.14. The van der Waals surface area contributed by atoms with Crippen LogP contribution in [0.4, 0.5) is 0 Å². The van der Waals surface area contributed by atoms with Crippen LogP contribution in [0.5, 0.6) is 0 Å². The third-order valence-corrected chi connectivity index (χ3v) is 15.0. The van der Waals surface area contributed by atoms with Crippen LogP contribution in [-0.2, 0) is 6.42 Å². The van der Waals surface area contributed by atoms with E-state index in [1.54, 1.807) is 0 Å². The second-order valence-corrected chi connectivity index (χ2v) is 18.1. The largest absolute Gasteiger partial charge is 0.309 e. The summed E-state index contributed by atoms with van der Waals surface area (Å²) in [6.45, 7) is 0. The van der Waals surface area contributed by atoms with Crippen LogP contribution >= 0.6 is 23.1 Å². The van der Waals surface area contributed by atoms with E-state index in [0.717, 1.165) is 12.2 Å². The molecule has 0 radical (unpaired) electrons. The summed E-state index contributed by atoms with van der Waals surface area (Å²) in [4.78, 5) is 1.35. The van der Waals surface area contributed by atoms with Gasteiger partial charge in [0.15, 0.2) is 0 Å². The number of fused-ring (bicyclic) bond motifs is 12. The van der Waals surface area contributed by atoms with Crippen LogP contribution in [0.2, 0.25) is 0 Å². The van der Waals surface area contributed by atoms with E-state index >= 15 is 0 Å². The molecular formula is C56H36N2S2. The number of hydrogen-bond acceptors (Lipinski definition) is 2. The van der Waals surface area contributed by atoms with E-state index in [9.17, 15) is 0 Å². The van der Waals surface area contributed by atoms with Crippen molar-refractivity contribution in [1.29, 1.82) is 0 Å². The van der Waals surface area contributed by atoms with Crippen molar-refractivity contribution in [3.05, 3.63) is 200 Å². The first-order valence-electron chi connectivity index (χ1n) is 20.7. The molecule has 0 aliphatic carbocycles. The zero-order chi connectivity index (χ0) is 39.3. The van der Waals surface area contributed by atoms with Crippen LogP contribution in [0, 0.1) is 0 Å². The summed E-state index contributed by atoms with van der Waals surface area (Å²) in [5.41, 5.74) is 16.4. The Hall–Kier alpha value is -6.85. The predicted octanol–water partition coefficient (Wildman–Crippen LogP) is 15.9. The summed E-state index contributed by atoms with van der Waals surface area (Å²) < 4.78 is 7.65. The molecule has 9 aromatic carbocycles. The predicted molar refractivity (Wildman–Crippen MR) is 259 cm³/mol. The smallest absolute Gasteiger partial charge is 0.0619 e. The van der Waals surface area contributed by atoms with Gasteiger partial charge in [0, 0.05) is 69.3 Å². The SMILES string of the molecule is c1ccc(-n2c3ccccc3c3cccc(-c4ccc5c(c4)c4ccccc4n5-c4cc5c(c(-c6cccc7c6sc6ccccc67)c4)CCSc4ccccc4-5)c32)cc1. The maximum atomic E-state index is 2.52. The summed E-state index contributed by atoms with van der Waals surface area (Å²) in [7, 11) is 0. The van der Waals surface area contributed by atoms with Gasteiger partial charge in [-0.25, -0.2) is 0 Å². The van der Waals surface area contributed by atoms with Crippen molar-refractivity contribution in [2.45, 2.75) is 11.3 Å². The fourth-order valence-electron chi connectivity index (χ4n) is 10.1. The van der Waals surface area contributed by atoms with E-state index in [1.807, 2.05) is 23.1 Å². The number of thiophene rings is 1. The first kappa shape index (κ1) is 34.1. The van der Waals surface area contributed by atoms with Crippen molar-refractivity contribution in [2.75, 3.05) is 5.75 Å². The molecule has 0 amide bonds. The van der Waals surface area contributed by atoms with E-state index in [2.05, 4.69) is 203 Å². The minimum atomic E-state index is 1.01. The van der Waals surface area contributed by atoms with Crippen LogP contribution in [0.1, 0.15) is 5.56 Å². The minimum Gasteiger partial charge on any atom is -0.309 e. The molecule has 0 spiro atoms. The molecule has 60 heavy (non-hydrogen) atoms. The summed E-state index contributed by atoms with van der Waals surface area (Å²) >= 11 is 3.90. The molecule has 3 aromatic heterocycles. The van der Waals surface area contributed by atoms with Crippen LogP contribution in [0.15, 0.2) is 199 Å². The fraction of sp³-hybridized carbons (Fsp3) is 0.0357. The molecule has 0 saturated carbocycles. The maximum absolute atomic E-state index is 2.52. The van der Waals surface area contributed by atoms with Gasteiger partial charge in [-0.05, 0) is 100 Å². The van der Waals surface area contributed by atoms with Gasteiger partial charge in [0.2, 0.25) is 0 Å². The quantitative estimate of drug-likeness (QED) is 0.172. The zero-order valence-electron chi connectivity index (χ0n) is 32.6. The van der Waals surface area contributed by atoms with Crippen molar-refractivity contribution in [3.63, 3.8) is 0 Å².